The molecule has 1 saturated heterocycles. The van der Waals surface area contributed by atoms with Crippen molar-refractivity contribution >= 4 is 23.8 Å². The average Bonchev–Trinajstić information content (AvgIpc) is 2.29. The van der Waals surface area contributed by atoms with Crippen LogP contribution in [-0.4, -0.2) is 63.9 Å². The van der Waals surface area contributed by atoms with Crippen LogP contribution in [0, 0.1) is 0 Å². The van der Waals surface area contributed by atoms with Crippen molar-refractivity contribution in [1.29, 1.82) is 0 Å². The quantitative estimate of drug-likeness (QED) is 0.662. The third-order valence-corrected chi connectivity index (χ3v) is 3.80. The van der Waals surface area contributed by atoms with Crippen molar-refractivity contribution in [2.45, 2.75) is 25.5 Å². The molecule has 1 heterocycles. The van der Waals surface area contributed by atoms with E-state index < -0.39 is 12.1 Å². The lowest BCUT2D eigenvalue weighted by Gasteiger charge is -2.33. The number of aliphatic hydroxyl groups is 1. The number of carbonyl (C=O) groups excluding carboxylic acids is 1. The minimum Gasteiger partial charge on any atom is -0.479 e. The van der Waals surface area contributed by atoms with Gasteiger partial charge < -0.3 is 20.4 Å². The molecule has 7 heteroatoms. The summed E-state index contributed by atoms with van der Waals surface area (Å²) in [7, 11) is 0. The highest BCUT2D eigenvalue weighted by Gasteiger charge is 2.23. The average molecular weight is 262 g/mol. The van der Waals surface area contributed by atoms with Crippen molar-refractivity contribution in [3.8, 4) is 0 Å². The molecule has 0 aromatic rings. The maximum atomic E-state index is 11.7. The molecule has 3 N–H and O–H groups in total. The van der Waals surface area contributed by atoms with Crippen molar-refractivity contribution < 1.29 is 19.8 Å². The molecule has 0 bridgehead atoms. The van der Waals surface area contributed by atoms with Crippen LogP contribution in [0.5, 0.6) is 0 Å². The van der Waals surface area contributed by atoms with Gasteiger partial charge in [-0.3, -0.25) is 0 Å². The first-order chi connectivity index (χ1) is 8.02. The Morgan fingerprint density at radius 3 is 2.88 bits per heavy atom. The highest BCUT2D eigenvalue weighted by Crippen LogP contribution is 2.15. The van der Waals surface area contributed by atoms with Crippen LogP contribution in [0.25, 0.3) is 0 Å². The Morgan fingerprint density at radius 1 is 1.59 bits per heavy atom. The van der Waals surface area contributed by atoms with Gasteiger partial charge in [0.2, 0.25) is 0 Å². The summed E-state index contributed by atoms with van der Waals surface area (Å²) in [5.74, 6) is 0.586. The van der Waals surface area contributed by atoms with Crippen molar-refractivity contribution in [2.75, 3.05) is 24.6 Å². The molecule has 0 aliphatic carbocycles. The van der Waals surface area contributed by atoms with Crippen molar-refractivity contribution in [3.05, 3.63) is 0 Å². The topological polar surface area (TPSA) is 89.9 Å². The van der Waals surface area contributed by atoms with Gasteiger partial charge in [0.1, 0.15) is 0 Å². The maximum absolute atomic E-state index is 11.7. The molecule has 1 aliphatic heterocycles. The van der Waals surface area contributed by atoms with E-state index in [0.29, 0.717) is 6.54 Å². The van der Waals surface area contributed by atoms with Crippen LogP contribution in [0.3, 0.4) is 0 Å². The first kappa shape index (κ1) is 14.1. The fourth-order valence-electron chi connectivity index (χ4n) is 1.57. The Kier molecular flexibility index (Phi) is 5.57. The van der Waals surface area contributed by atoms with E-state index in [4.69, 9.17) is 10.2 Å². The smallest absolute Gasteiger partial charge is 0.332 e. The standard InChI is InChI=1S/C10H18N2O4S/c1-7-6-17-5-4-12(7)10(16)11-3-2-8(13)9(14)15/h7-8,13H,2-6H2,1H3,(H,11,16)(H,14,15). The fraction of sp³-hybridized carbons (Fsp3) is 0.800. The SMILES string of the molecule is CC1CSCCN1C(=O)NCCC(O)C(=O)O. The lowest BCUT2D eigenvalue weighted by Crippen LogP contribution is -2.49. The van der Waals surface area contributed by atoms with E-state index >= 15 is 0 Å². The number of thioether (sulfide) groups is 1. The molecule has 98 valence electrons. The molecule has 0 saturated carbocycles. The van der Waals surface area contributed by atoms with Gasteiger partial charge in [0.15, 0.2) is 6.10 Å². The number of aliphatic hydroxyl groups excluding tert-OH is 1. The Morgan fingerprint density at radius 2 is 2.29 bits per heavy atom. The number of urea groups is 1. The third-order valence-electron chi connectivity index (χ3n) is 2.61. The van der Waals surface area contributed by atoms with Crippen molar-refractivity contribution in [3.63, 3.8) is 0 Å². The van der Waals surface area contributed by atoms with E-state index in [0.717, 1.165) is 11.5 Å². The summed E-state index contributed by atoms with van der Waals surface area (Å²) in [4.78, 5) is 23.8. The van der Waals surface area contributed by atoms with E-state index in [-0.39, 0.29) is 25.0 Å². The minimum absolute atomic E-state index is 0.0258. The molecule has 1 rings (SSSR count). The number of nitrogens with zero attached hydrogens (tertiary/aromatic N) is 1. The van der Waals surface area contributed by atoms with Crippen LogP contribution in [0.4, 0.5) is 4.79 Å². The highest BCUT2D eigenvalue weighted by molar-refractivity contribution is 7.99. The molecule has 6 nitrogen and oxygen atoms in total. The monoisotopic (exact) mass is 262 g/mol. The molecule has 0 aromatic heterocycles. The molecule has 1 fully saturated rings. The van der Waals surface area contributed by atoms with Crippen molar-refractivity contribution in [2.24, 2.45) is 0 Å². The lowest BCUT2D eigenvalue weighted by atomic mass is 10.2. The van der Waals surface area contributed by atoms with Gasteiger partial charge in [0.05, 0.1) is 0 Å². The molecule has 0 aromatic carbocycles. The van der Waals surface area contributed by atoms with Gasteiger partial charge in [0.25, 0.3) is 0 Å². The van der Waals surface area contributed by atoms with Gasteiger partial charge in [-0.15, -0.1) is 0 Å². The minimum atomic E-state index is -1.41. The van der Waals surface area contributed by atoms with E-state index in [1.165, 1.54) is 0 Å². The van der Waals surface area contributed by atoms with Crippen LogP contribution in [-0.2, 0) is 4.79 Å². The Labute approximate surface area is 104 Å². The maximum Gasteiger partial charge on any atom is 0.332 e. The van der Waals surface area contributed by atoms with E-state index in [2.05, 4.69) is 5.32 Å². The molecular weight excluding hydrogens is 244 g/mol. The summed E-state index contributed by atoms with van der Waals surface area (Å²) in [6.45, 7) is 2.86. The fourth-order valence-corrected chi connectivity index (χ4v) is 2.58. The molecule has 0 radical (unpaired) electrons. The highest BCUT2D eigenvalue weighted by atomic mass is 32.2. The lowest BCUT2D eigenvalue weighted by molar-refractivity contribution is -0.146. The number of hydrogen-bond acceptors (Lipinski definition) is 4. The third kappa shape index (κ3) is 4.43. The molecule has 2 unspecified atom stereocenters. The largest absolute Gasteiger partial charge is 0.479 e. The van der Waals surface area contributed by atoms with Crippen LogP contribution in [0.1, 0.15) is 13.3 Å². The molecule has 2 atom stereocenters. The predicted octanol–water partition coefficient (Wildman–Crippen LogP) is -0.0311. The number of carboxylic acids is 1. The number of amides is 2. The second-order valence-electron chi connectivity index (χ2n) is 3.99. The molecule has 1 aliphatic rings. The molecular formula is C10H18N2O4S. The first-order valence-electron chi connectivity index (χ1n) is 5.55. The summed E-state index contributed by atoms with van der Waals surface area (Å²) in [5.41, 5.74) is 0. The second kappa shape index (κ2) is 6.70. The summed E-state index contributed by atoms with van der Waals surface area (Å²) in [6.07, 6.45) is -1.39. The number of hydrogen-bond donors (Lipinski definition) is 3. The first-order valence-corrected chi connectivity index (χ1v) is 6.71. The summed E-state index contributed by atoms with van der Waals surface area (Å²) >= 11 is 1.82. The van der Waals surface area contributed by atoms with Crippen molar-refractivity contribution in [1.82, 2.24) is 10.2 Å². The van der Waals surface area contributed by atoms with Gasteiger partial charge in [0, 0.05) is 37.1 Å². The Balaban J connectivity index is 2.26. The number of carbonyl (C=O) groups is 2. The number of carboxylic acid groups (broad SMARTS) is 1. The van der Waals surface area contributed by atoms with E-state index in [1.807, 2.05) is 18.7 Å². The zero-order chi connectivity index (χ0) is 12.8. The summed E-state index contributed by atoms with van der Waals surface area (Å²) < 4.78 is 0. The second-order valence-corrected chi connectivity index (χ2v) is 5.14. The number of nitrogens with one attached hydrogen (secondary N) is 1. The van der Waals surface area contributed by atoms with Crippen LogP contribution >= 0.6 is 11.8 Å². The summed E-state index contributed by atoms with van der Waals surface area (Å²) in [5, 5.41) is 20.1. The van der Waals surface area contributed by atoms with Crippen LogP contribution < -0.4 is 5.32 Å². The Bertz CT molecular complexity index is 287. The van der Waals surface area contributed by atoms with Gasteiger partial charge >= 0.3 is 12.0 Å². The number of rotatable bonds is 4. The summed E-state index contributed by atoms with van der Waals surface area (Å²) in [6, 6.07) is 0.00790. The van der Waals surface area contributed by atoms with Gasteiger partial charge in [-0.1, -0.05) is 0 Å². The van der Waals surface area contributed by atoms with Gasteiger partial charge in [-0.25, -0.2) is 9.59 Å². The Hall–Kier alpha value is -0.950. The van der Waals surface area contributed by atoms with E-state index in [1.54, 1.807) is 4.90 Å². The molecule has 2 amide bonds. The van der Waals surface area contributed by atoms with Gasteiger partial charge in [-0.05, 0) is 6.92 Å². The zero-order valence-electron chi connectivity index (χ0n) is 9.76. The van der Waals surface area contributed by atoms with Crippen LogP contribution in [0.2, 0.25) is 0 Å². The molecule has 17 heavy (non-hydrogen) atoms. The number of aliphatic carboxylic acids is 1. The zero-order valence-corrected chi connectivity index (χ0v) is 10.6. The van der Waals surface area contributed by atoms with Gasteiger partial charge in [-0.2, -0.15) is 11.8 Å². The normalized spacial score (nSPS) is 22.0. The molecule has 0 spiro atoms. The predicted molar refractivity (Wildman–Crippen MR) is 65.2 cm³/mol. The van der Waals surface area contributed by atoms with Crippen LogP contribution in [0.15, 0.2) is 0 Å². The van der Waals surface area contributed by atoms with E-state index in [9.17, 15) is 9.59 Å².